The fraction of sp³-hybridized carbons (Fsp3) is 0.571. The lowest BCUT2D eigenvalue weighted by Crippen LogP contribution is -2.45. The van der Waals surface area contributed by atoms with Crippen LogP contribution in [0.3, 0.4) is 0 Å². The molecule has 0 aromatic heterocycles. The third kappa shape index (κ3) is 2.61. The third-order valence-electron chi connectivity index (χ3n) is 3.76. The molecule has 17 heavy (non-hydrogen) atoms. The van der Waals surface area contributed by atoms with Crippen LogP contribution in [0.4, 0.5) is 0 Å². The maximum Gasteiger partial charge on any atom is 0.115 e. The predicted octanol–water partition coefficient (Wildman–Crippen LogP) is 2.08. The largest absolute Gasteiger partial charge is 0.508 e. The first-order valence-corrected chi connectivity index (χ1v) is 6.27. The first-order chi connectivity index (χ1) is 8.01. The molecule has 0 spiro atoms. The first-order valence-electron chi connectivity index (χ1n) is 6.27. The van der Waals surface area contributed by atoms with Crippen LogP contribution in [0.5, 0.6) is 5.75 Å². The van der Waals surface area contributed by atoms with E-state index in [1.165, 1.54) is 0 Å². The smallest absolute Gasteiger partial charge is 0.115 e. The quantitative estimate of drug-likeness (QED) is 0.825. The molecule has 94 valence electrons. The second kappa shape index (κ2) is 4.67. The Bertz CT molecular complexity index is 364. The summed E-state index contributed by atoms with van der Waals surface area (Å²) < 4.78 is 0. The van der Waals surface area contributed by atoms with Crippen molar-refractivity contribution in [3.8, 4) is 5.75 Å². The van der Waals surface area contributed by atoms with Gasteiger partial charge in [0.2, 0.25) is 0 Å². The predicted molar refractivity (Wildman–Crippen MR) is 67.9 cm³/mol. The molecule has 0 saturated carbocycles. The zero-order chi connectivity index (χ0) is 12.5. The van der Waals surface area contributed by atoms with Gasteiger partial charge in [0, 0.05) is 19.1 Å². The maximum atomic E-state index is 10.6. The molecule has 1 aromatic rings. The Kier molecular flexibility index (Phi) is 3.40. The summed E-state index contributed by atoms with van der Waals surface area (Å²) in [5, 5.41) is 19.9. The molecule has 3 heteroatoms. The number of hydrogen-bond donors (Lipinski definition) is 2. The van der Waals surface area contributed by atoms with E-state index in [2.05, 4.69) is 18.7 Å². The van der Waals surface area contributed by atoms with Gasteiger partial charge in [0.15, 0.2) is 0 Å². The summed E-state index contributed by atoms with van der Waals surface area (Å²) in [7, 11) is 0. The number of aromatic hydroxyl groups is 1. The highest BCUT2D eigenvalue weighted by atomic mass is 16.3. The van der Waals surface area contributed by atoms with Crippen LogP contribution in [0.2, 0.25) is 0 Å². The fourth-order valence-corrected chi connectivity index (χ4v) is 2.47. The summed E-state index contributed by atoms with van der Waals surface area (Å²) >= 11 is 0. The van der Waals surface area contributed by atoms with Crippen LogP contribution in [-0.4, -0.2) is 34.2 Å². The van der Waals surface area contributed by atoms with Crippen molar-refractivity contribution in [1.82, 2.24) is 4.90 Å². The monoisotopic (exact) mass is 235 g/mol. The molecule has 0 atom stereocenters. The SMILES string of the molecule is CC(C)N1CCC(O)(c2ccc(O)cc2)CC1. The van der Waals surface area contributed by atoms with Gasteiger partial charge in [-0.2, -0.15) is 0 Å². The second-order valence-electron chi connectivity index (χ2n) is 5.21. The van der Waals surface area contributed by atoms with E-state index in [-0.39, 0.29) is 5.75 Å². The molecule has 2 rings (SSSR count). The van der Waals surface area contributed by atoms with Crippen LogP contribution in [-0.2, 0) is 5.60 Å². The summed E-state index contributed by atoms with van der Waals surface area (Å²) in [6, 6.07) is 7.46. The molecule has 1 aliphatic heterocycles. The van der Waals surface area contributed by atoms with Gasteiger partial charge in [-0.15, -0.1) is 0 Å². The van der Waals surface area contributed by atoms with Gasteiger partial charge in [0.05, 0.1) is 5.60 Å². The summed E-state index contributed by atoms with van der Waals surface area (Å²) in [6.45, 7) is 6.22. The van der Waals surface area contributed by atoms with Crippen molar-refractivity contribution in [2.75, 3.05) is 13.1 Å². The minimum Gasteiger partial charge on any atom is -0.508 e. The van der Waals surface area contributed by atoms with Gasteiger partial charge in [0.25, 0.3) is 0 Å². The van der Waals surface area contributed by atoms with Crippen molar-refractivity contribution in [2.24, 2.45) is 0 Å². The Hall–Kier alpha value is -1.06. The Morgan fingerprint density at radius 2 is 1.65 bits per heavy atom. The normalized spacial score (nSPS) is 20.7. The summed E-state index contributed by atoms with van der Waals surface area (Å²) in [5.74, 6) is 0.247. The molecule has 1 aromatic carbocycles. The highest BCUT2D eigenvalue weighted by Crippen LogP contribution is 2.33. The number of nitrogens with zero attached hydrogens (tertiary/aromatic N) is 1. The summed E-state index contributed by atoms with van der Waals surface area (Å²) in [4.78, 5) is 2.38. The molecule has 0 amide bonds. The van der Waals surface area contributed by atoms with Crippen molar-refractivity contribution in [1.29, 1.82) is 0 Å². The first kappa shape index (κ1) is 12.4. The number of phenols is 1. The van der Waals surface area contributed by atoms with E-state index < -0.39 is 5.60 Å². The number of rotatable bonds is 2. The molecule has 1 aliphatic rings. The van der Waals surface area contributed by atoms with Crippen molar-refractivity contribution >= 4 is 0 Å². The molecule has 0 bridgehead atoms. The number of hydrogen-bond acceptors (Lipinski definition) is 3. The Morgan fingerprint density at radius 1 is 1.12 bits per heavy atom. The maximum absolute atomic E-state index is 10.6. The number of aliphatic hydroxyl groups is 1. The average Bonchev–Trinajstić information content (AvgIpc) is 2.30. The Morgan fingerprint density at radius 3 is 2.12 bits per heavy atom. The molecule has 1 saturated heterocycles. The van der Waals surface area contributed by atoms with Gasteiger partial charge in [-0.05, 0) is 44.4 Å². The van der Waals surface area contributed by atoms with Crippen LogP contribution in [0.15, 0.2) is 24.3 Å². The van der Waals surface area contributed by atoms with Crippen molar-refractivity contribution in [2.45, 2.75) is 38.3 Å². The van der Waals surface area contributed by atoms with Gasteiger partial charge in [0.1, 0.15) is 5.75 Å². The molecule has 0 unspecified atom stereocenters. The lowest BCUT2D eigenvalue weighted by atomic mass is 9.84. The van der Waals surface area contributed by atoms with Gasteiger partial charge in [-0.25, -0.2) is 0 Å². The van der Waals surface area contributed by atoms with Crippen molar-refractivity contribution in [3.63, 3.8) is 0 Å². The highest BCUT2D eigenvalue weighted by Gasteiger charge is 2.34. The van der Waals surface area contributed by atoms with E-state index in [0.717, 1.165) is 31.5 Å². The number of benzene rings is 1. The van der Waals surface area contributed by atoms with Crippen molar-refractivity contribution in [3.05, 3.63) is 29.8 Å². The molecule has 2 N–H and O–H groups in total. The number of phenolic OH excluding ortho intramolecular Hbond substituents is 1. The zero-order valence-electron chi connectivity index (χ0n) is 10.6. The van der Waals surface area contributed by atoms with Crippen LogP contribution in [0, 0.1) is 0 Å². The summed E-state index contributed by atoms with van der Waals surface area (Å²) in [5.41, 5.74) is 0.192. The van der Waals surface area contributed by atoms with Crippen LogP contribution >= 0.6 is 0 Å². The fourth-order valence-electron chi connectivity index (χ4n) is 2.47. The van der Waals surface area contributed by atoms with Gasteiger partial charge < -0.3 is 15.1 Å². The molecule has 0 radical (unpaired) electrons. The molecular formula is C14H21NO2. The van der Waals surface area contributed by atoms with Gasteiger partial charge in [-0.1, -0.05) is 12.1 Å². The Labute approximate surface area is 103 Å². The van der Waals surface area contributed by atoms with Crippen LogP contribution in [0.1, 0.15) is 32.3 Å². The topological polar surface area (TPSA) is 43.7 Å². The van der Waals surface area contributed by atoms with E-state index in [1.807, 2.05) is 12.1 Å². The highest BCUT2D eigenvalue weighted by molar-refractivity contribution is 5.30. The zero-order valence-corrected chi connectivity index (χ0v) is 10.6. The van der Waals surface area contributed by atoms with E-state index in [9.17, 15) is 10.2 Å². The minimum atomic E-state index is -0.723. The van der Waals surface area contributed by atoms with Crippen LogP contribution in [0.25, 0.3) is 0 Å². The lowest BCUT2D eigenvalue weighted by Gasteiger charge is -2.40. The number of piperidine rings is 1. The summed E-state index contributed by atoms with van der Waals surface area (Å²) in [6.07, 6.45) is 1.52. The van der Waals surface area contributed by atoms with Crippen molar-refractivity contribution < 1.29 is 10.2 Å². The molecule has 1 fully saturated rings. The molecular weight excluding hydrogens is 214 g/mol. The average molecular weight is 235 g/mol. The standard InChI is InChI=1S/C14H21NO2/c1-11(2)15-9-7-14(17,8-10-15)12-3-5-13(16)6-4-12/h3-6,11,16-17H,7-10H2,1-2H3. The van der Waals surface area contributed by atoms with Gasteiger partial charge >= 0.3 is 0 Å². The number of likely N-dealkylation sites (tertiary alicyclic amines) is 1. The molecule has 1 heterocycles. The second-order valence-corrected chi connectivity index (χ2v) is 5.21. The molecule has 0 aliphatic carbocycles. The van der Waals surface area contributed by atoms with Gasteiger partial charge in [-0.3, -0.25) is 0 Å². The molecule has 3 nitrogen and oxygen atoms in total. The van der Waals surface area contributed by atoms with E-state index >= 15 is 0 Å². The van der Waals surface area contributed by atoms with E-state index in [0.29, 0.717) is 6.04 Å². The minimum absolute atomic E-state index is 0.247. The third-order valence-corrected chi connectivity index (χ3v) is 3.76. The van der Waals surface area contributed by atoms with Crippen LogP contribution < -0.4 is 0 Å². The van der Waals surface area contributed by atoms with E-state index in [4.69, 9.17) is 0 Å². The Balaban J connectivity index is 2.09. The lowest BCUT2D eigenvalue weighted by molar-refractivity contribution is -0.0324. The van der Waals surface area contributed by atoms with E-state index in [1.54, 1.807) is 12.1 Å².